The third-order valence-corrected chi connectivity index (χ3v) is 5.29. The lowest BCUT2D eigenvalue weighted by Gasteiger charge is -2.25. The smallest absolute Gasteiger partial charge is 0.124 e. The summed E-state index contributed by atoms with van der Waals surface area (Å²) in [5.41, 5.74) is 2.59. The van der Waals surface area contributed by atoms with E-state index < -0.39 is 0 Å². The van der Waals surface area contributed by atoms with Gasteiger partial charge in [-0.15, -0.1) is 0 Å². The number of halogens is 2. The van der Waals surface area contributed by atoms with Crippen molar-refractivity contribution < 1.29 is 4.39 Å². The summed E-state index contributed by atoms with van der Waals surface area (Å²) in [6.07, 6.45) is 11.6. The molecule has 1 aromatic rings. The maximum atomic E-state index is 13.2. The van der Waals surface area contributed by atoms with Crippen molar-refractivity contribution in [3.8, 4) is 0 Å². The summed E-state index contributed by atoms with van der Waals surface area (Å²) in [6.45, 7) is 0.985. The fourth-order valence-corrected chi connectivity index (χ4v) is 3.62. The Kier molecular flexibility index (Phi) is 5.12. The first-order valence-electron chi connectivity index (χ1n) is 8.11. The SMILES string of the molecule is Fc1ccc(/C=C(/CNC2CC2)C2CCCCC2)c(Br)c1. The van der Waals surface area contributed by atoms with Crippen molar-refractivity contribution >= 4 is 22.0 Å². The van der Waals surface area contributed by atoms with E-state index in [0.717, 1.165) is 22.6 Å². The maximum Gasteiger partial charge on any atom is 0.124 e. The summed E-state index contributed by atoms with van der Waals surface area (Å²) in [6, 6.07) is 5.70. The number of hydrogen-bond acceptors (Lipinski definition) is 1. The summed E-state index contributed by atoms with van der Waals surface area (Å²) < 4.78 is 14.1. The first-order chi connectivity index (χ1) is 10.2. The van der Waals surface area contributed by atoms with Crippen LogP contribution in [0.2, 0.25) is 0 Å². The quantitative estimate of drug-likeness (QED) is 0.758. The third kappa shape index (κ3) is 4.40. The molecule has 0 radical (unpaired) electrons. The van der Waals surface area contributed by atoms with Crippen LogP contribution in [0.15, 0.2) is 28.2 Å². The largest absolute Gasteiger partial charge is 0.310 e. The summed E-state index contributed by atoms with van der Waals surface area (Å²) >= 11 is 3.49. The topological polar surface area (TPSA) is 12.0 Å². The van der Waals surface area contributed by atoms with Crippen LogP contribution in [0, 0.1) is 11.7 Å². The summed E-state index contributed by atoms with van der Waals surface area (Å²) in [7, 11) is 0. The van der Waals surface area contributed by atoms with E-state index in [2.05, 4.69) is 27.3 Å². The minimum Gasteiger partial charge on any atom is -0.310 e. The molecule has 3 heteroatoms. The van der Waals surface area contributed by atoms with E-state index in [1.54, 1.807) is 12.1 Å². The third-order valence-electron chi connectivity index (χ3n) is 4.61. The molecular weight excluding hydrogens is 329 g/mol. The molecule has 0 spiro atoms. The molecule has 2 saturated carbocycles. The molecular formula is C18H23BrFN. The van der Waals surface area contributed by atoms with E-state index in [0.29, 0.717) is 5.92 Å². The van der Waals surface area contributed by atoms with Crippen LogP contribution < -0.4 is 5.32 Å². The molecule has 0 heterocycles. The predicted molar refractivity (Wildman–Crippen MR) is 89.7 cm³/mol. The first kappa shape index (κ1) is 15.2. The van der Waals surface area contributed by atoms with Gasteiger partial charge in [-0.3, -0.25) is 0 Å². The lowest BCUT2D eigenvalue weighted by molar-refractivity contribution is 0.396. The molecule has 3 rings (SSSR count). The van der Waals surface area contributed by atoms with Crippen LogP contribution in [-0.4, -0.2) is 12.6 Å². The Morgan fingerprint density at radius 3 is 2.62 bits per heavy atom. The minimum absolute atomic E-state index is 0.186. The van der Waals surface area contributed by atoms with Crippen LogP contribution in [0.5, 0.6) is 0 Å². The van der Waals surface area contributed by atoms with Crippen molar-refractivity contribution in [2.45, 2.75) is 51.0 Å². The van der Waals surface area contributed by atoms with Gasteiger partial charge in [0.25, 0.3) is 0 Å². The van der Waals surface area contributed by atoms with Crippen LogP contribution >= 0.6 is 15.9 Å². The van der Waals surface area contributed by atoms with E-state index in [-0.39, 0.29) is 5.82 Å². The Morgan fingerprint density at radius 2 is 1.95 bits per heavy atom. The number of hydrogen-bond donors (Lipinski definition) is 1. The summed E-state index contributed by atoms with van der Waals surface area (Å²) in [5.74, 6) is 0.510. The van der Waals surface area contributed by atoms with Gasteiger partial charge in [-0.1, -0.05) is 52.9 Å². The van der Waals surface area contributed by atoms with Crippen LogP contribution in [0.25, 0.3) is 6.08 Å². The molecule has 1 aromatic carbocycles. The van der Waals surface area contributed by atoms with E-state index in [1.807, 2.05) is 6.07 Å². The van der Waals surface area contributed by atoms with Crippen molar-refractivity contribution in [2.24, 2.45) is 5.92 Å². The number of rotatable bonds is 5. The Labute approximate surface area is 135 Å². The van der Waals surface area contributed by atoms with Gasteiger partial charge in [-0.05, 0) is 49.3 Å². The Bertz CT molecular complexity index is 516. The first-order valence-corrected chi connectivity index (χ1v) is 8.90. The highest BCUT2D eigenvalue weighted by Gasteiger charge is 2.23. The molecule has 0 amide bonds. The average molecular weight is 352 g/mol. The van der Waals surface area contributed by atoms with E-state index in [1.165, 1.54) is 50.5 Å². The van der Waals surface area contributed by atoms with Crippen molar-refractivity contribution in [3.63, 3.8) is 0 Å². The second-order valence-corrected chi connectivity index (χ2v) is 7.23. The van der Waals surface area contributed by atoms with Gasteiger partial charge in [0.15, 0.2) is 0 Å². The van der Waals surface area contributed by atoms with Gasteiger partial charge in [-0.2, -0.15) is 0 Å². The molecule has 114 valence electrons. The van der Waals surface area contributed by atoms with Gasteiger partial charge >= 0.3 is 0 Å². The van der Waals surface area contributed by atoms with Gasteiger partial charge in [-0.25, -0.2) is 4.39 Å². The van der Waals surface area contributed by atoms with Gasteiger partial charge in [0.1, 0.15) is 5.82 Å². The highest BCUT2D eigenvalue weighted by molar-refractivity contribution is 9.10. The molecule has 2 aliphatic carbocycles. The molecule has 0 saturated heterocycles. The van der Waals surface area contributed by atoms with Gasteiger partial charge < -0.3 is 5.32 Å². The molecule has 1 nitrogen and oxygen atoms in total. The van der Waals surface area contributed by atoms with Gasteiger partial charge in [0.05, 0.1) is 0 Å². The molecule has 0 atom stereocenters. The molecule has 1 N–H and O–H groups in total. The second kappa shape index (κ2) is 7.06. The van der Waals surface area contributed by atoms with Crippen molar-refractivity contribution in [1.29, 1.82) is 0 Å². The standard InChI is InChI=1S/C18H23BrFN/c19-18-11-16(20)7-6-14(18)10-15(12-21-17-8-9-17)13-4-2-1-3-5-13/h6-7,10-11,13,17,21H,1-5,8-9,12H2/b15-10-. The van der Waals surface area contributed by atoms with Crippen molar-refractivity contribution in [2.75, 3.05) is 6.54 Å². The average Bonchev–Trinajstić information content (AvgIpc) is 3.31. The van der Waals surface area contributed by atoms with Crippen LogP contribution in [0.3, 0.4) is 0 Å². The molecule has 21 heavy (non-hydrogen) atoms. The molecule has 2 fully saturated rings. The van der Waals surface area contributed by atoms with E-state index in [4.69, 9.17) is 0 Å². The summed E-state index contributed by atoms with van der Waals surface area (Å²) in [4.78, 5) is 0. The van der Waals surface area contributed by atoms with E-state index in [9.17, 15) is 4.39 Å². The zero-order valence-electron chi connectivity index (χ0n) is 12.4. The Balaban J connectivity index is 1.79. The number of benzene rings is 1. The lowest BCUT2D eigenvalue weighted by atomic mass is 9.83. The highest BCUT2D eigenvalue weighted by Crippen LogP contribution is 2.32. The normalized spacial score (nSPS) is 20.8. The molecule has 0 aliphatic heterocycles. The lowest BCUT2D eigenvalue weighted by Crippen LogP contribution is -2.24. The van der Waals surface area contributed by atoms with Crippen molar-refractivity contribution in [3.05, 3.63) is 39.6 Å². The van der Waals surface area contributed by atoms with E-state index >= 15 is 0 Å². The fourth-order valence-electron chi connectivity index (χ4n) is 3.15. The zero-order chi connectivity index (χ0) is 14.7. The Morgan fingerprint density at radius 1 is 1.19 bits per heavy atom. The van der Waals surface area contributed by atoms with Gasteiger partial charge in [0, 0.05) is 17.1 Å². The van der Waals surface area contributed by atoms with Crippen LogP contribution in [0.1, 0.15) is 50.5 Å². The molecule has 2 aliphatic rings. The second-order valence-electron chi connectivity index (χ2n) is 6.38. The van der Waals surface area contributed by atoms with Gasteiger partial charge in [0.2, 0.25) is 0 Å². The maximum absolute atomic E-state index is 13.2. The number of nitrogens with one attached hydrogen (secondary N) is 1. The molecule has 0 bridgehead atoms. The molecule has 0 aromatic heterocycles. The summed E-state index contributed by atoms with van der Waals surface area (Å²) in [5, 5.41) is 3.65. The monoisotopic (exact) mass is 351 g/mol. The highest BCUT2D eigenvalue weighted by atomic mass is 79.9. The minimum atomic E-state index is -0.186. The zero-order valence-corrected chi connectivity index (χ0v) is 14.0. The van der Waals surface area contributed by atoms with Crippen molar-refractivity contribution in [1.82, 2.24) is 5.32 Å². The molecule has 0 unspecified atom stereocenters. The van der Waals surface area contributed by atoms with Crippen LogP contribution in [0.4, 0.5) is 4.39 Å². The predicted octanol–water partition coefficient (Wildman–Crippen LogP) is 5.30. The van der Waals surface area contributed by atoms with Crippen LogP contribution in [-0.2, 0) is 0 Å². The fraction of sp³-hybridized carbons (Fsp3) is 0.556. The Hall–Kier alpha value is -0.670.